The van der Waals surface area contributed by atoms with Gasteiger partial charge >= 0.3 is 11.9 Å². The summed E-state index contributed by atoms with van der Waals surface area (Å²) < 4.78 is 16.3. The Labute approximate surface area is 180 Å². The summed E-state index contributed by atoms with van der Waals surface area (Å²) in [5, 5.41) is 40.2. The van der Waals surface area contributed by atoms with Crippen molar-refractivity contribution >= 4 is 11.9 Å². The van der Waals surface area contributed by atoms with E-state index in [1.165, 1.54) is 12.1 Å². The van der Waals surface area contributed by atoms with Gasteiger partial charge < -0.3 is 34.6 Å². The SMILES string of the molecule is O=C(O[C@@H]1[C@@H](O[C@@H](CC2CCCCC2)C(=O)O)[C@@H](O)[C@@H](CO)O[C@@H]1O)c1ccccc1. The summed E-state index contributed by atoms with van der Waals surface area (Å²) in [6, 6.07) is 8.04. The number of aliphatic carboxylic acids is 1. The average Bonchev–Trinajstić information content (AvgIpc) is 2.78. The van der Waals surface area contributed by atoms with E-state index in [9.17, 15) is 30.0 Å². The van der Waals surface area contributed by atoms with Crippen LogP contribution >= 0.6 is 0 Å². The maximum Gasteiger partial charge on any atom is 0.338 e. The van der Waals surface area contributed by atoms with Gasteiger partial charge in [0.1, 0.15) is 18.3 Å². The van der Waals surface area contributed by atoms with E-state index in [4.69, 9.17) is 14.2 Å². The molecule has 9 nitrogen and oxygen atoms in total. The molecule has 1 aromatic carbocycles. The Balaban J connectivity index is 1.78. The summed E-state index contributed by atoms with van der Waals surface area (Å²) in [6.07, 6.45) is -3.32. The Kier molecular flexibility index (Phi) is 8.39. The fourth-order valence-corrected chi connectivity index (χ4v) is 4.24. The second-order valence-electron chi connectivity index (χ2n) is 8.14. The Morgan fingerprint density at radius 1 is 1.06 bits per heavy atom. The first-order valence-electron chi connectivity index (χ1n) is 10.7. The molecule has 1 aliphatic carbocycles. The third-order valence-corrected chi connectivity index (χ3v) is 5.94. The molecule has 31 heavy (non-hydrogen) atoms. The van der Waals surface area contributed by atoms with Gasteiger partial charge in [0.05, 0.1) is 12.2 Å². The highest BCUT2D eigenvalue weighted by molar-refractivity contribution is 5.89. The second kappa shape index (κ2) is 11.0. The number of aliphatic hydroxyl groups is 3. The van der Waals surface area contributed by atoms with Crippen LogP contribution in [0.5, 0.6) is 0 Å². The van der Waals surface area contributed by atoms with Gasteiger partial charge in [-0.2, -0.15) is 0 Å². The van der Waals surface area contributed by atoms with Gasteiger partial charge in [-0.1, -0.05) is 50.3 Å². The van der Waals surface area contributed by atoms with Crippen molar-refractivity contribution in [1.29, 1.82) is 0 Å². The standard InChI is InChI=1S/C22H30O9/c23-12-16-17(24)18(29-15(20(25)26)11-13-7-3-1-4-8-13)19(22(28)30-16)31-21(27)14-9-5-2-6-10-14/h2,5-6,9-10,13,15-19,22-24,28H,1,3-4,7-8,11-12H2,(H,25,26)/t15-,16+,17-,18-,19+,22-/m0/s1. The Morgan fingerprint density at radius 2 is 1.74 bits per heavy atom. The Bertz CT molecular complexity index is 719. The molecule has 172 valence electrons. The minimum atomic E-state index is -1.71. The molecule has 0 aromatic heterocycles. The highest BCUT2D eigenvalue weighted by Crippen LogP contribution is 2.31. The summed E-state index contributed by atoms with van der Waals surface area (Å²) in [7, 11) is 0. The van der Waals surface area contributed by atoms with Crippen LogP contribution in [-0.4, -0.2) is 75.8 Å². The Hall–Kier alpha value is -2.04. The lowest BCUT2D eigenvalue weighted by molar-refractivity contribution is -0.299. The number of benzene rings is 1. The first-order chi connectivity index (χ1) is 14.9. The number of rotatable bonds is 8. The summed E-state index contributed by atoms with van der Waals surface area (Å²) in [4.78, 5) is 24.4. The molecule has 3 rings (SSSR count). The molecule has 1 aliphatic heterocycles. The lowest BCUT2D eigenvalue weighted by atomic mass is 9.85. The molecule has 6 atom stereocenters. The van der Waals surface area contributed by atoms with Crippen molar-refractivity contribution in [2.45, 2.75) is 75.3 Å². The zero-order chi connectivity index (χ0) is 22.4. The average molecular weight is 438 g/mol. The van der Waals surface area contributed by atoms with Crippen molar-refractivity contribution in [1.82, 2.24) is 0 Å². The number of carbonyl (C=O) groups is 2. The van der Waals surface area contributed by atoms with Crippen molar-refractivity contribution in [2.24, 2.45) is 5.92 Å². The predicted molar refractivity (Wildman–Crippen MR) is 107 cm³/mol. The minimum absolute atomic E-state index is 0.177. The van der Waals surface area contributed by atoms with Crippen molar-refractivity contribution in [2.75, 3.05) is 6.61 Å². The molecule has 2 aliphatic rings. The molecule has 0 bridgehead atoms. The molecule has 0 unspecified atom stereocenters. The largest absolute Gasteiger partial charge is 0.479 e. The number of aliphatic hydroxyl groups excluding tert-OH is 3. The van der Waals surface area contributed by atoms with Gasteiger partial charge in [0.25, 0.3) is 0 Å². The van der Waals surface area contributed by atoms with E-state index in [1.54, 1.807) is 18.2 Å². The van der Waals surface area contributed by atoms with Crippen LogP contribution in [0.2, 0.25) is 0 Å². The van der Waals surface area contributed by atoms with Gasteiger partial charge in [-0.05, 0) is 24.5 Å². The van der Waals surface area contributed by atoms with Crippen LogP contribution < -0.4 is 0 Å². The lowest BCUT2D eigenvalue weighted by Crippen LogP contribution is -2.61. The molecule has 2 fully saturated rings. The molecule has 9 heteroatoms. The minimum Gasteiger partial charge on any atom is -0.479 e. The van der Waals surface area contributed by atoms with E-state index >= 15 is 0 Å². The third-order valence-electron chi connectivity index (χ3n) is 5.94. The molecule has 1 heterocycles. The number of ether oxygens (including phenoxy) is 3. The van der Waals surface area contributed by atoms with Crippen LogP contribution in [0.15, 0.2) is 30.3 Å². The molecule has 0 spiro atoms. The van der Waals surface area contributed by atoms with E-state index in [1.807, 2.05) is 0 Å². The quantitative estimate of drug-likeness (QED) is 0.439. The van der Waals surface area contributed by atoms with E-state index in [0.717, 1.165) is 32.1 Å². The van der Waals surface area contributed by atoms with E-state index < -0.39 is 55.4 Å². The van der Waals surface area contributed by atoms with Crippen LogP contribution in [0.1, 0.15) is 48.9 Å². The number of hydrogen-bond acceptors (Lipinski definition) is 8. The van der Waals surface area contributed by atoms with E-state index in [0.29, 0.717) is 0 Å². The topological polar surface area (TPSA) is 143 Å². The fourth-order valence-electron chi connectivity index (χ4n) is 4.24. The third kappa shape index (κ3) is 6.02. The van der Waals surface area contributed by atoms with Gasteiger partial charge in [0.15, 0.2) is 18.5 Å². The fraction of sp³-hybridized carbons (Fsp3) is 0.636. The zero-order valence-corrected chi connectivity index (χ0v) is 17.2. The van der Waals surface area contributed by atoms with Crippen molar-refractivity contribution in [3.05, 3.63) is 35.9 Å². The molecule has 4 N–H and O–H groups in total. The van der Waals surface area contributed by atoms with Crippen molar-refractivity contribution in [3.63, 3.8) is 0 Å². The van der Waals surface area contributed by atoms with Gasteiger partial charge in [-0.15, -0.1) is 0 Å². The maximum atomic E-state index is 12.5. The van der Waals surface area contributed by atoms with Gasteiger partial charge in [-0.25, -0.2) is 9.59 Å². The normalized spacial score (nSPS) is 30.5. The number of carboxylic acids is 1. The van der Waals surface area contributed by atoms with Crippen molar-refractivity contribution in [3.8, 4) is 0 Å². The van der Waals surface area contributed by atoms with E-state index in [-0.39, 0.29) is 17.9 Å². The number of carbonyl (C=O) groups excluding carboxylic acids is 1. The van der Waals surface area contributed by atoms with Crippen LogP contribution in [-0.2, 0) is 19.0 Å². The monoisotopic (exact) mass is 438 g/mol. The molecule has 0 amide bonds. The highest BCUT2D eigenvalue weighted by Gasteiger charge is 2.49. The summed E-state index contributed by atoms with van der Waals surface area (Å²) in [5.74, 6) is -1.81. The van der Waals surface area contributed by atoms with Crippen LogP contribution in [0.4, 0.5) is 0 Å². The van der Waals surface area contributed by atoms with Crippen LogP contribution in [0, 0.1) is 5.92 Å². The van der Waals surface area contributed by atoms with Crippen molar-refractivity contribution < 1.29 is 44.2 Å². The highest BCUT2D eigenvalue weighted by atomic mass is 16.7. The summed E-state index contributed by atoms with van der Waals surface area (Å²) in [5.41, 5.74) is 0.212. The predicted octanol–water partition coefficient (Wildman–Crippen LogP) is 1.09. The van der Waals surface area contributed by atoms with Crippen LogP contribution in [0.25, 0.3) is 0 Å². The number of hydrogen-bond donors (Lipinski definition) is 4. The number of carboxylic acid groups (broad SMARTS) is 1. The first-order valence-corrected chi connectivity index (χ1v) is 10.7. The molecular formula is C22H30O9. The number of esters is 1. The summed E-state index contributed by atoms with van der Waals surface area (Å²) >= 11 is 0. The summed E-state index contributed by atoms with van der Waals surface area (Å²) in [6.45, 7) is -0.627. The first kappa shape index (κ1) is 23.6. The molecule has 0 radical (unpaired) electrons. The maximum absolute atomic E-state index is 12.5. The molecule has 1 saturated heterocycles. The lowest BCUT2D eigenvalue weighted by Gasteiger charge is -2.42. The second-order valence-corrected chi connectivity index (χ2v) is 8.14. The Morgan fingerprint density at radius 3 is 2.35 bits per heavy atom. The molecular weight excluding hydrogens is 408 g/mol. The van der Waals surface area contributed by atoms with Gasteiger partial charge in [0.2, 0.25) is 0 Å². The van der Waals surface area contributed by atoms with E-state index in [2.05, 4.69) is 0 Å². The molecule has 1 saturated carbocycles. The zero-order valence-electron chi connectivity index (χ0n) is 17.2. The van der Waals surface area contributed by atoms with Gasteiger partial charge in [-0.3, -0.25) is 0 Å². The van der Waals surface area contributed by atoms with Gasteiger partial charge in [0, 0.05) is 0 Å². The smallest absolute Gasteiger partial charge is 0.338 e. The van der Waals surface area contributed by atoms with Crippen LogP contribution in [0.3, 0.4) is 0 Å². The molecule has 1 aromatic rings.